The van der Waals surface area contributed by atoms with Gasteiger partial charge in [0.25, 0.3) is 5.69 Å². The third-order valence-electron chi connectivity index (χ3n) is 11.3. The van der Waals surface area contributed by atoms with E-state index < -0.39 is 34.6 Å². The van der Waals surface area contributed by atoms with Crippen molar-refractivity contribution in [2.45, 2.75) is 76.2 Å². The molecule has 2 N–H and O–H groups in total. The van der Waals surface area contributed by atoms with E-state index in [9.17, 15) is 29.5 Å². The van der Waals surface area contributed by atoms with Crippen molar-refractivity contribution in [2.75, 3.05) is 33.5 Å². The largest absolute Gasteiger partial charge is 0.459 e. The Balaban J connectivity index is 1.59. The molecule has 58 heavy (non-hydrogen) atoms. The van der Waals surface area contributed by atoms with Crippen LogP contribution >= 0.6 is 0 Å². The molecule has 0 saturated heterocycles. The topological polar surface area (TPSA) is 162 Å². The predicted molar refractivity (Wildman–Crippen MR) is 214 cm³/mol. The molecule has 1 amide bonds. The van der Waals surface area contributed by atoms with E-state index in [0.29, 0.717) is 48.0 Å². The Morgan fingerprint density at radius 2 is 1.81 bits per heavy atom. The van der Waals surface area contributed by atoms with Gasteiger partial charge in [0, 0.05) is 43.7 Å². The fourth-order valence-corrected chi connectivity index (χ4v) is 8.86. The Bertz CT molecular complexity index is 1970. The number of aliphatic hydroxyl groups is 2. The zero-order chi connectivity index (χ0) is 41.2. The standard InChI is InChI=1S/C44H52FN3O10/c1-4-23-55-44-40(47(43(51)54-3)28-29-15-17-31(45)18-16-29)27-38(46-56-5-2)36-24-30(11-6-8-21-49)35(14-7-9-22-50)41(42(36)44)37-26-34(19-20-39(37)58-44)57-33-13-10-12-32(25-33)48(52)53/h4,10,12-13,15-20,24-26,30,35,40-42,49-50H,1,5-9,11,14,21-23,27-28H2,2-3H3. The van der Waals surface area contributed by atoms with Gasteiger partial charge in [-0.05, 0) is 92.0 Å². The van der Waals surface area contributed by atoms with Crippen molar-refractivity contribution < 1.29 is 48.1 Å². The molecule has 6 rings (SSSR count). The minimum atomic E-state index is -1.54. The van der Waals surface area contributed by atoms with Gasteiger partial charge in [-0.25, -0.2) is 9.18 Å². The highest BCUT2D eigenvalue weighted by Crippen LogP contribution is 2.62. The first-order valence-corrected chi connectivity index (χ1v) is 19.9. The third-order valence-corrected chi connectivity index (χ3v) is 11.3. The van der Waals surface area contributed by atoms with Gasteiger partial charge < -0.3 is 34.0 Å². The molecule has 0 bridgehead atoms. The van der Waals surface area contributed by atoms with E-state index in [1.165, 1.54) is 31.4 Å². The molecule has 0 aromatic heterocycles. The number of ether oxygens (including phenoxy) is 4. The fraction of sp³-hybridized carbons (Fsp3) is 0.455. The lowest BCUT2D eigenvalue weighted by atomic mass is 9.55. The van der Waals surface area contributed by atoms with Crippen molar-refractivity contribution in [3.63, 3.8) is 0 Å². The van der Waals surface area contributed by atoms with Gasteiger partial charge >= 0.3 is 6.09 Å². The van der Waals surface area contributed by atoms with Gasteiger partial charge in [0.15, 0.2) is 0 Å². The van der Waals surface area contributed by atoms with Crippen molar-refractivity contribution >= 4 is 17.5 Å². The number of nitro benzene ring substituents is 1. The summed E-state index contributed by atoms with van der Waals surface area (Å²) >= 11 is 0. The summed E-state index contributed by atoms with van der Waals surface area (Å²) in [6.07, 6.45) is 7.59. The number of halogens is 1. The number of amides is 1. The second-order valence-electron chi connectivity index (χ2n) is 14.8. The lowest BCUT2D eigenvalue weighted by Crippen LogP contribution is -2.70. The van der Waals surface area contributed by atoms with Crippen LogP contribution in [0.3, 0.4) is 0 Å². The molecule has 3 aromatic rings. The molecule has 6 unspecified atom stereocenters. The number of aliphatic hydroxyl groups excluding tert-OH is 2. The zero-order valence-electron chi connectivity index (χ0n) is 33.0. The molecule has 1 aliphatic heterocycles. The van der Waals surface area contributed by atoms with Crippen molar-refractivity contribution in [1.82, 2.24) is 4.90 Å². The Hall–Kier alpha value is -5.31. The van der Waals surface area contributed by atoms with Crippen molar-refractivity contribution in [3.8, 4) is 17.2 Å². The first-order valence-electron chi connectivity index (χ1n) is 19.9. The summed E-state index contributed by atoms with van der Waals surface area (Å²) in [6.45, 7) is 6.29. The van der Waals surface area contributed by atoms with Crippen LogP contribution in [0.1, 0.15) is 68.9 Å². The Labute approximate surface area is 337 Å². The number of hydrogen-bond acceptors (Lipinski definition) is 11. The van der Waals surface area contributed by atoms with Crippen LogP contribution in [0.15, 0.2) is 96.2 Å². The molecule has 2 aliphatic carbocycles. The Morgan fingerprint density at radius 1 is 1.07 bits per heavy atom. The number of nitro groups is 1. The summed E-state index contributed by atoms with van der Waals surface area (Å²) in [5, 5.41) is 35.9. The predicted octanol–water partition coefficient (Wildman–Crippen LogP) is 8.45. The number of methoxy groups -OCH3 is 1. The number of benzene rings is 3. The lowest BCUT2D eigenvalue weighted by molar-refractivity contribution is -0.384. The van der Waals surface area contributed by atoms with Crippen LogP contribution in [-0.2, 0) is 20.9 Å². The minimum Gasteiger partial charge on any atom is -0.459 e. The number of carbonyl (C=O) groups excluding carboxylic acids is 1. The summed E-state index contributed by atoms with van der Waals surface area (Å²) in [6, 6.07) is 16.5. The number of carbonyl (C=O) groups is 1. The molecule has 13 nitrogen and oxygen atoms in total. The smallest absolute Gasteiger partial charge is 0.410 e. The molecule has 1 fully saturated rings. The van der Waals surface area contributed by atoms with E-state index in [1.807, 2.05) is 13.0 Å². The van der Waals surface area contributed by atoms with Gasteiger partial charge in [0.05, 0.1) is 36.3 Å². The van der Waals surface area contributed by atoms with Crippen LogP contribution in [0.25, 0.3) is 0 Å². The Kier molecular flexibility index (Phi) is 14.2. The quantitative estimate of drug-likeness (QED) is 0.0521. The molecule has 14 heteroatoms. The maximum atomic E-state index is 14.1. The van der Waals surface area contributed by atoms with Crippen LogP contribution in [-0.4, -0.2) is 77.2 Å². The van der Waals surface area contributed by atoms with Gasteiger partial charge in [-0.3, -0.25) is 15.0 Å². The zero-order valence-corrected chi connectivity index (χ0v) is 33.0. The number of rotatable bonds is 19. The summed E-state index contributed by atoms with van der Waals surface area (Å²) in [4.78, 5) is 32.4. The molecule has 1 saturated carbocycles. The summed E-state index contributed by atoms with van der Waals surface area (Å²) in [7, 11) is 1.30. The van der Waals surface area contributed by atoms with E-state index in [2.05, 4.69) is 17.8 Å². The first-order chi connectivity index (χ1) is 28.2. The molecule has 1 heterocycles. The molecular weight excluding hydrogens is 749 g/mol. The van der Waals surface area contributed by atoms with Gasteiger partial charge in [-0.15, -0.1) is 6.58 Å². The van der Waals surface area contributed by atoms with E-state index in [4.69, 9.17) is 23.8 Å². The monoisotopic (exact) mass is 801 g/mol. The first kappa shape index (κ1) is 42.3. The van der Waals surface area contributed by atoms with E-state index in [0.717, 1.165) is 36.8 Å². The van der Waals surface area contributed by atoms with Crippen LogP contribution in [0.2, 0.25) is 0 Å². The van der Waals surface area contributed by atoms with Gasteiger partial charge in [0.1, 0.15) is 35.7 Å². The molecule has 3 aliphatic rings. The highest BCUT2D eigenvalue weighted by molar-refractivity contribution is 6.03. The maximum Gasteiger partial charge on any atom is 0.410 e. The van der Waals surface area contributed by atoms with E-state index in [1.54, 1.807) is 47.4 Å². The number of oxime groups is 1. The molecule has 0 radical (unpaired) electrons. The number of hydrogen-bond donors (Lipinski definition) is 2. The van der Waals surface area contributed by atoms with Gasteiger partial charge in [-0.1, -0.05) is 48.3 Å². The average molecular weight is 802 g/mol. The molecule has 3 aromatic carbocycles. The molecular formula is C44H52FN3O10. The highest BCUT2D eigenvalue weighted by Gasteiger charge is 2.65. The Morgan fingerprint density at radius 3 is 2.50 bits per heavy atom. The number of unbranched alkanes of at least 4 members (excludes halogenated alkanes) is 2. The van der Waals surface area contributed by atoms with E-state index in [-0.39, 0.29) is 56.2 Å². The summed E-state index contributed by atoms with van der Waals surface area (Å²) < 4.78 is 39.9. The number of fused-ring (bicyclic) bond motifs is 2. The average Bonchev–Trinajstić information content (AvgIpc) is 3.23. The van der Waals surface area contributed by atoms with E-state index >= 15 is 0 Å². The second-order valence-corrected chi connectivity index (χ2v) is 14.8. The SMILES string of the molecule is C=CCOC12Oc3ccc(Oc4cccc([N+](=O)[O-])c4)cc3C3C(CCCCO)C(CCCCO)C=C(C(=NOCC)CC1N(Cc1ccc(F)cc1)C(=O)OC)C32. The number of nitrogens with zero attached hydrogens (tertiary/aromatic N) is 3. The normalized spacial score (nSPS) is 23.8. The molecule has 0 spiro atoms. The fourth-order valence-electron chi connectivity index (χ4n) is 8.86. The number of allylic oxidation sites excluding steroid dienone is 1. The van der Waals surface area contributed by atoms with Crippen molar-refractivity contribution in [2.24, 2.45) is 22.9 Å². The van der Waals surface area contributed by atoms with Crippen LogP contribution < -0.4 is 9.47 Å². The lowest BCUT2D eigenvalue weighted by Gasteiger charge is -2.59. The molecule has 6 atom stereocenters. The maximum absolute atomic E-state index is 14.1. The highest BCUT2D eigenvalue weighted by atomic mass is 19.1. The molecule has 310 valence electrons. The van der Waals surface area contributed by atoms with Crippen LogP contribution in [0.5, 0.6) is 17.2 Å². The minimum absolute atomic E-state index is 0.00481. The van der Waals surface area contributed by atoms with Crippen LogP contribution in [0, 0.1) is 33.7 Å². The third kappa shape index (κ3) is 9.04. The number of non-ortho nitro benzene ring substituents is 1. The van der Waals surface area contributed by atoms with Crippen molar-refractivity contribution in [1.29, 1.82) is 0 Å². The van der Waals surface area contributed by atoms with Gasteiger partial charge in [-0.2, -0.15) is 0 Å². The van der Waals surface area contributed by atoms with Gasteiger partial charge in [0.2, 0.25) is 5.79 Å². The summed E-state index contributed by atoms with van der Waals surface area (Å²) in [5.41, 5.74) is 2.83. The second kappa shape index (κ2) is 19.4. The van der Waals surface area contributed by atoms with Crippen molar-refractivity contribution in [3.05, 3.63) is 118 Å². The summed E-state index contributed by atoms with van der Waals surface area (Å²) in [5.74, 6) is -1.68. The van der Waals surface area contributed by atoms with Crippen LogP contribution in [0.4, 0.5) is 14.9 Å².